The minimum atomic E-state index is 0.965. The fraction of sp³-hybridized carbons (Fsp3) is 0.333. The summed E-state index contributed by atoms with van der Waals surface area (Å²) < 4.78 is 6.62. The van der Waals surface area contributed by atoms with Gasteiger partial charge in [-0.05, 0) is 30.1 Å². The van der Waals surface area contributed by atoms with Crippen molar-refractivity contribution in [3.05, 3.63) is 28.4 Å². The lowest BCUT2D eigenvalue weighted by atomic mass is 10.4. The van der Waals surface area contributed by atoms with Gasteiger partial charge in [-0.3, -0.25) is 0 Å². The van der Waals surface area contributed by atoms with Gasteiger partial charge in [-0.1, -0.05) is 0 Å². The molecule has 0 unspecified atom stereocenters. The molecule has 1 aliphatic rings. The predicted molar refractivity (Wildman–Crippen MR) is 56.2 cm³/mol. The van der Waals surface area contributed by atoms with Crippen LogP contribution in [-0.2, 0) is 0 Å². The van der Waals surface area contributed by atoms with Crippen molar-refractivity contribution in [1.82, 2.24) is 0 Å². The van der Waals surface area contributed by atoms with Gasteiger partial charge in [-0.15, -0.1) is 23.5 Å². The second kappa shape index (κ2) is 4.10. The Morgan fingerprint density at radius 2 is 2.17 bits per heavy atom. The van der Waals surface area contributed by atoms with Gasteiger partial charge in [0.1, 0.15) is 5.76 Å². The molecule has 1 aromatic heterocycles. The summed E-state index contributed by atoms with van der Waals surface area (Å²) in [4.78, 5) is 0. The van der Waals surface area contributed by atoms with Crippen LogP contribution in [0.25, 0.3) is 6.08 Å². The van der Waals surface area contributed by atoms with Crippen molar-refractivity contribution in [2.24, 2.45) is 0 Å². The molecule has 1 saturated heterocycles. The van der Waals surface area contributed by atoms with Crippen LogP contribution in [-0.4, -0.2) is 11.5 Å². The molecule has 1 nitrogen and oxygen atoms in total. The molecule has 64 valence electrons. The molecule has 0 saturated carbocycles. The Hall–Kier alpha value is -0.280. The third-order valence-electron chi connectivity index (χ3n) is 1.58. The van der Waals surface area contributed by atoms with Crippen molar-refractivity contribution in [2.45, 2.75) is 6.42 Å². The summed E-state index contributed by atoms with van der Waals surface area (Å²) in [5.74, 6) is 3.46. The van der Waals surface area contributed by atoms with E-state index in [1.807, 2.05) is 35.7 Å². The van der Waals surface area contributed by atoms with Crippen LogP contribution in [0.1, 0.15) is 12.2 Å². The van der Waals surface area contributed by atoms with Crippen LogP contribution >= 0.6 is 23.5 Å². The van der Waals surface area contributed by atoms with Crippen LogP contribution in [0, 0.1) is 0 Å². The average molecular weight is 198 g/mol. The summed E-state index contributed by atoms with van der Waals surface area (Å²) >= 11 is 3.85. The Morgan fingerprint density at radius 3 is 2.83 bits per heavy atom. The van der Waals surface area contributed by atoms with Gasteiger partial charge < -0.3 is 4.42 Å². The second-order valence-corrected chi connectivity index (χ2v) is 5.06. The van der Waals surface area contributed by atoms with Crippen LogP contribution in [0.2, 0.25) is 0 Å². The van der Waals surface area contributed by atoms with Crippen molar-refractivity contribution < 1.29 is 4.42 Å². The SMILES string of the molecule is C(=C1SCCCS1)c1ccco1. The molecule has 0 atom stereocenters. The molecular weight excluding hydrogens is 188 g/mol. The Labute approximate surface area is 80.6 Å². The van der Waals surface area contributed by atoms with E-state index in [0.717, 1.165) is 5.76 Å². The average Bonchev–Trinajstić information content (AvgIpc) is 2.59. The molecule has 0 N–H and O–H groups in total. The minimum Gasteiger partial charge on any atom is -0.465 e. The lowest BCUT2D eigenvalue weighted by Gasteiger charge is -2.11. The molecule has 2 rings (SSSR count). The standard InChI is InChI=1S/C9H10OS2/c1-3-8(10-4-1)7-9-11-5-2-6-12-9/h1,3-4,7H,2,5-6H2. The molecule has 0 bridgehead atoms. The van der Waals surface area contributed by atoms with E-state index < -0.39 is 0 Å². The summed E-state index contributed by atoms with van der Waals surface area (Å²) in [6.45, 7) is 0. The molecule has 2 heterocycles. The topological polar surface area (TPSA) is 13.1 Å². The molecule has 1 fully saturated rings. The molecule has 0 aliphatic carbocycles. The van der Waals surface area contributed by atoms with Gasteiger partial charge in [0.2, 0.25) is 0 Å². The maximum absolute atomic E-state index is 5.23. The van der Waals surface area contributed by atoms with Crippen LogP contribution in [0.15, 0.2) is 27.1 Å². The van der Waals surface area contributed by atoms with Gasteiger partial charge in [0.15, 0.2) is 0 Å². The summed E-state index contributed by atoms with van der Waals surface area (Å²) in [6, 6.07) is 3.91. The molecule has 3 heteroatoms. The fourth-order valence-corrected chi connectivity index (χ4v) is 3.41. The maximum atomic E-state index is 5.23. The zero-order valence-corrected chi connectivity index (χ0v) is 8.29. The van der Waals surface area contributed by atoms with E-state index in [9.17, 15) is 0 Å². The highest BCUT2D eigenvalue weighted by atomic mass is 32.2. The normalized spacial score (nSPS) is 17.8. The van der Waals surface area contributed by atoms with Gasteiger partial charge in [0.25, 0.3) is 0 Å². The fourth-order valence-electron chi connectivity index (χ4n) is 1.02. The van der Waals surface area contributed by atoms with E-state index >= 15 is 0 Å². The number of rotatable bonds is 1. The van der Waals surface area contributed by atoms with E-state index in [1.54, 1.807) is 6.26 Å². The van der Waals surface area contributed by atoms with Crippen LogP contribution < -0.4 is 0 Å². The Bertz CT molecular complexity index is 256. The largest absolute Gasteiger partial charge is 0.465 e. The van der Waals surface area contributed by atoms with Crippen molar-refractivity contribution in [3.8, 4) is 0 Å². The third-order valence-corrected chi connectivity index (χ3v) is 4.08. The van der Waals surface area contributed by atoms with E-state index in [1.165, 1.54) is 22.2 Å². The van der Waals surface area contributed by atoms with Crippen molar-refractivity contribution in [2.75, 3.05) is 11.5 Å². The first-order chi connectivity index (χ1) is 5.95. The second-order valence-electron chi connectivity index (χ2n) is 2.53. The van der Waals surface area contributed by atoms with E-state index in [0.29, 0.717) is 0 Å². The first-order valence-corrected chi connectivity index (χ1v) is 5.93. The van der Waals surface area contributed by atoms with Crippen LogP contribution in [0.4, 0.5) is 0 Å². The minimum absolute atomic E-state index is 0.965. The molecule has 0 spiro atoms. The quantitative estimate of drug-likeness (QED) is 0.686. The first kappa shape index (κ1) is 8.32. The molecule has 0 radical (unpaired) electrons. The zero-order valence-electron chi connectivity index (χ0n) is 6.66. The van der Waals surface area contributed by atoms with Gasteiger partial charge in [-0.25, -0.2) is 0 Å². The number of hydrogen-bond acceptors (Lipinski definition) is 3. The van der Waals surface area contributed by atoms with Gasteiger partial charge in [0.05, 0.1) is 6.26 Å². The van der Waals surface area contributed by atoms with E-state index in [4.69, 9.17) is 4.42 Å². The highest BCUT2D eigenvalue weighted by molar-refractivity contribution is 8.23. The van der Waals surface area contributed by atoms with E-state index in [2.05, 4.69) is 6.08 Å². The smallest absolute Gasteiger partial charge is 0.128 e. The monoisotopic (exact) mass is 198 g/mol. The van der Waals surface area contributed by atoms with Crippen molar-refractivity contribution in [3.63, 3.8) is 0 Å². The first-order valence-electron chi connectivity index (χ1n) is 3.96. The van der Waals surface area contributed by atoms with Crippen molar-refractivity contribution in [1.29, 1.82) is 0 Å². The zero-order chi connectivity index (χ0) is 8.23. The van der Waals surface area contributed by atoms with Gasteiger partial charge in [0, 0.05) is 10.3 Å². The maximum Gasteiger partial charge on any atom is 0.128 e. The molecule has 0 aromatic carbocycles. The number of thioether (sulfide) groups is 2. The molecule has 12 heavy (non-hydrogen) atoms. The summed E-state index contributed by atoms with van der Waals surface area (Å²) in [5, 5.41) is 0. The summed E-state index contributed by atoms with van der Waals surface area (Å²) in [6.07, 6.45) is 5.16. The van der Waals surface area contributed by atoms with Gasteiger partial charge in [-0.2, -0.15) is 0 Å². The van der Waals surface area contributed by atoms with Crippen molar-refractivity contribution >= 4 is 29.6 Å². The number of hydrogen-bond donors (Lipinski definition) is 0. The summed E-state index contributed by atoms with van der Waals surface area (Å²) in [5.41, 5.74) is 0. The molecule has 1 aliphatic heterocycles. The lowest BCUT2D eigenvalue weighted by Crippen LogP contribution is -1.90. The summed E-state index contributed by atoms with van der Waals surface area (Å²) in [7, 11) is 0. The number of furan rings is 1. The predicted octanol–water partition coefficient (Wildman–Crippen LogP) is 3.45. The highest BCUT2D eigenvalue weighted by Crippen LogP contribution is 2.35. The van der Waals surface area contributed by atoms with E-state index in [-0.39, 0.29) is 0 Å². The Morgan fingerprint density at radius 1 is 1.33 bits per heavy atom. The lowest BCUT2D eigenvalue weighted by molar-refractivity contribution is 0.557. The third kappa shape index (κ3) is 2.11. The molecular formula is C9H10OS2. The molecule has 0 amide bonds. The van der Waals surface area contributed by atoms with Crippen LogP contribution in [0.5, 0.6) is 0 Å². The highest BCUT2D eigenvalue weighted by Gasteiger charge is 2.06. The van der Waals surface area contributed by atoms with Crippen LogP contribution in [0.3, 0.4) is 0 Å². The Kier molecular flexibility index (Phi) is 2.84. The molecule has 1 aromatic rings. The Balaban J connectivity index is 2.07. The van der Waals surface area contributed by atoms with Gasteiger partial charge >= 0.3 is 0 Å².